The van der Waals surface area contributed by atoms with E-state index in [-0.39, 0.29) is 6.04 Å². The Morgan fingerprint density at radius 2 is 2.10 bits per heavy atom. The maximum absolute atomic E-state index is 4.41. The van der Waals surface area contributed by atoms with E-state index in [0.29, 0.717) is 5.92 Å². The zero-order chi connectivity index (χ0) is 14.5. The van der Waals surface area contributed by atoms with E-state index >= 15 is 0 Å². The number of likely N-dealkylation sites (N-methyl/N-ethyl adjacent to an activating group) is 1. The van der Waals surface area contributed by atoms with Gasteiger partial charge in [-0.3, -0.25) is 4.68 Å². The minimum atomic E-state index is 0.226. The molecule has 0 radical (unpaired) electrons. The smallest absolute Gasteiger partial charge is 0.138 e. The summed E-state index contributed by atoms with van der Waals surface area (Å²) in [5.41, 5.74) is 1.19. The summed E-state index contributed by atoms with van der Waals surface area (Å²) in [7, 11) is 1.94. The first-order chi connectivity index (χ1) is 9.60. The summed E-state index contributed by atoms with van der Waals surface area (Å²) in [6, 6.07) is 0.226. The van der Waals surface area contributed by atoms with Crippen molar-refractivity contribution < 1.29 is 0 Å². The van der Waals surface area contributed by atoms with Crippen LogP contribution in [0, 0.1) is 5.92 Å². The van der Waals surface area contributed by atoms with Gasteiger partial charge >= 0.3 is 0 Å². The molecular formula is C14H24N6. The fourth-order valence-electron chi connectivity index (χ4n) is 2.30. The third-order valence-corrected chi connectivity index (χ3v) is 3.20. The van der Waals surface area contributed by atoms with Crippen molar-refractivity contribution in [2.75, 3.05) is 6.54 Å². The summed E-state index contributed by atoms with van der Waals surface area (Å²) in [4.78, 5) is 4.41. The summed E-state index contributed by atoms with van der Waals surface area (Å²) in [5.74, 6) is 1.58. The largest absolute Gasteiger partial charge is 0.310 e. The highest BCUT2D eigenvalue weighted by Gasteiger charge is 2.16. The van der Waals surface area contributed by atoms with Crippen molar-refractivity contribution in [3.05, 3.63) is 30.1 Å². The van der Waals surface area contributed by atoms with Gasteiger partial charge in [0, 0.05) is 37.8 Å². The summed E-state index contributed by atoms with van der Waals surface area (Å²) in [6.07, 6.45) is 6.43. The Balaban J connectivity index is 2.14. The predicted octanol–water partition coefficient (Wildman–Crippen LogP) is 1.56. The maximum Gasteiger partial charge on any atom is 0.138 e. The van der Waals surface area contributed by atoms with Crippen LogP contribution in [-0.4, -0.2) is 31.1 Å². The van der Waals surface area contributed by atoms with Crippen LogP contribution in [0.5, 0.6) is 0 Å². The van der Waals surface area contributed by atoms with E-state index in [9.17, 15) is 0 Å². The van der Waals surface area contributed by atoms with Crippen LogP contribution in [0.4, 0.5) is 0 Å². The first-order valence-corrected chi connectivity index (χ1v) is 7.18. The van der Waals surface area contributed by atoms with Crippen molar-refractivity contribution in [1.82, 2.24) is 29.9 Å². The molecule has 6 nitrogen and oxygen atoms in total. The van der Waals surface area contributed by atoms with Gasteiger partial charge < -0.3 is 5.32 Å². The quantitative estimate of drug-likeness (QED) is 0.833. The molecule has 0 saturated heterocycles. The molecule has 2 aromatic rings. The molecule has 20 heavy (non-hydrogen) atoms. The van der Waals surface area contributed by atoms with Crippen LogP contribution in [0.15, 0.2) is 18.7 Å². The molecule has 0 fully saturated rings. The van der Waals surface area contributed by atoms with E-state index in [1.807, 2.05) is 22.6 Å². The molecule has 0 aliphatic carbocycles. The van der Waals surface area contributed by atoms with Gasteiger partial charge in [-0.1, -0.05) is 20.8 Å². The van der Waals surface area contributed by atoms with Crippen LogP contribution in [-0.2, 0) is 20.0 Å². The maximum atomic E-state index is 4.41. The number of nitrogens with zero attached hydrogens (tertiary/aromatic N) is 5. The molecule has 2 rings (SSSR count). The van der Waals surface area contributed by atoms with Gasteiger partial charge in [0.15, 0.2) is 0 Å². The summed E-state index contributed by atoms with van der Waals surface area (Å²) in [6.45, 7) is 8.31. The predicted molar refractivity (Wildman–Crippen MR) is 78.2 cm³/mol. The molecule has 2 heterocycles. The number of aromatic nitrogens is 5. The molecule has 0 aromatic carbocycles. The topological polar surface area (TPSA) is 60.6 Å². The first kappa shape index (κ1) is 14.7. The molecule has 0 aliphatic heterocycles. The van der Waals surface area contributed by atoms with Crippen molar-refractivity contribution in [1.29, 1.82) is 0 Å². The van der Waals surface area contributed by atoms with Gasteiger partial charge in [-0.2, -0.15) is 10.2 Å². The second-order valence-electron chi connectivity index (χ2n) is 5.51. The lowest BCUT2D eigenvalue weighted by molar-refractivity contribution is 0.446. The third kappa shape index (κ3) is 3.66. The zero-order valence-corrected chi connectivity index (χ0v) is 12.7. The molecule has 2 aromatic heterocycles. The van der Waals surface area contributed by atoms with Gasteiger partial charge in [-0.15, -0.1) is 0 Å². The van der Waals surface area contributed by atoms with Gasteiger partial charge in [0.1, 0.15) is 12.2 Å². The molecule has 0 amide bonds. The Morgan fingerprint density at radius 1 is 1.30 bits per heavy atom. The van der Waals surface area contributed by atoms with E-state index in [0.717, 1.165) is 25.3 Å². The van der Waals surface area contributed by atoms with Crippen LogP contribution < -0.4 is 5.32 Å². The molecule has 0 bridgehead atoms. The van der Waals surface area contributed by atoms with Gasteiger partial charge in [0.05, 0.1) is 6.20 Å². The Bertz CT molecular complexity index is 527. The molecule has 0 saturated carbocycles. The second kappa shape index (κ2) is 6.65. The monoisotopic (exact) mass is 276 g/mol. The lowest BCUT2D eigenvalue weighted by Crippen LogP contribution is -2.24. The number of rotatable bonds is 7. The molecule has 0 aliphatic rings. The number of hydrogen-bond acceptors (Lipinski definition) is 4. The van der Waals surface area contributed by atoms with Crippen LogP contribution >= 0.6 is 0 Å². The highest BCUT2D eigenvalue weighted by atomic mass is 15.3. The fourth-order valence-corrected chi connectivity index (χ4v) is 2.30. The van der Waals surface area contributed by atoms with Crippen molar-refractivity contribution in [2.24, 2.45) is 13.0 Å². The molecule has 1 N–H and O–H groups in total. The van der Waals surface area contributed by atoms with E-state index in [2.05, 4.69) is 47.5 Å². The zero-order valence-electron chi connectivity index (χ0n) is 12.7. The van der Waals surface area contributed by atoms with E-state index in [4.69, 9.17) is 0 Å². The number of aryl methyl sites for hydroxylation is 1. The normalized spacial score (nSPS) is 13.1. The third-order valence-electron chi connectivity index (χ3n) is 3.20. The van der Waals surface area contributed by atoms with Crippen LogP contribution in [0.3, 0.4) is 0 Å². The average Bonchev–Trinajstić information content (AvgIpc) is 2.98. The van der Waals surface area contributed by atoms with Crippen LogP contribution in [0.1, 0.15) is 38.2 Å². The van der Waals surface area contributed by atoms with E-state index in [1.54, 1.807) is 6.33 Å². The minimum Gasteiger partial charge on any atom is -0.310 e. The summed E-state index contributed by atoms with van der Waals surface area (Å²) < 4.78 is 3.84. The Labute approximate surface area is 120 Å². The summed E-state index contributed by atoms with van der Waals surface area (Å²) >= 11 is 0. The lowest BCUT2D eigenvalue weighted by atomic mass is 10.1. The van der Waals surface area contributed by atoms with Gasteiger partial charge in [-0.05, 0) is 12.5 Å². The average molecular weight is 276 g/mol. The van der Waals surface area contributed by atoms with Gasteiger partial charge in [-0.25, -0.2) is 9.67 Å². The van der Waals surface area contributed by atoms with Gasteiger partial charge in [0.25, 0.3) is 0 Å². The van der Waals surface area contributed by atoms with Crippen molar-refractivity contribution in [3.63, 3.8) is 0 Å². The lowest BCUT2D eigenvalue weighted by Gasteiger charge is -2.17. The van der Waals surface area contributed by atoms with Gasteiger partial charge in [0.2, 0.25) is 0 Å². The number of nitrogens with one attached hydrogen (secondary N) is 1. The van der Waals surface area contributed by atoms with Crippen molar-refractivity contribution >= 4 is 0 Å². The molecule has 6 heteroatoms. The van der Waals surface area contributed by atoms with Crippen LogP contribution in [0.25, 0.3) is 0 Å². The molecule has 1 unspecified atom stereocenters. The first-order valence-electron chi connectivity index (χ1n) is 7.18. The standard InChI is InChI=1S/C14H24N6/c1-5-15-13(12-7-17-19(4)9-12)6-14-16-10-18-20(14)8-11(2)3/h7,9-11,13,15H,5-6,8H2,1-4H3. The minimum absolute atomic E-state index is 0.226. The molecule has 110 valence electrons. The summed E-state index contributed by atoms with van der Waals surface area (Å²) in [5, 5.41) is 12.1. The molecule has 0 spiro atoms. The van der Waals surface area contributed by atoms with Crippen LogP contribution in [0.2, 0.25) is 0 Å². The Hall–Kier alpha value is -1.69. The number of hydrogen-bond donors (Lipinski definition) is 1. The van der Waals surface area contributed by atoms with E-state index in [1.165, 1.54) is 5.56 Å². The van der Waals surface area contributed by atoms with Crippen molar-refractivity contribution in [2.45, 2.75) is 39.8 Å². The fraction of sp³-hybridized carbons (Fsp3) is 0.643. The highest BCUT2D eigenvalue weighted by Crippen LogP contribution is 2.17. The Kier molecular flexibility index (Phi) is 4.89. The SMILES string of the molecule is CCNC(Cc1ncnn1CC(C)C)c1cnn(C)c1. The Morgan fingerprint density at radius 3 is 2.70 bits per heavy atom. The van der Waals surface area contributed by atoms with E-state index < -0.39 is 0 Å². The van der Waals surface area contributed by atoms with Crippen molar-refractivity contribution in [3.8, 4) is 0 Å². The molecular weight excluding hydrogens is 252 g/mol. The highest BCUT2D eigenvalue weighted by molar-refractivity contribution is 5.12. The molecule has 1 atom stereocenters. The second-order valence-corrected chi connectivity index (χ2v) is 5.51.